The fourth-order valence-electron chi connectivity index (χ4n) is 2.45. The largest absolute Gasteiger partial charge is 0.451 e. The number of esters is 1. The summed E-state index contributed by atoms with van der Waals surface area (Å²) in [6, 6.07) is 1.79. The number of anilines is 1. The first-order chi connectivity index (χ1) is 11.0. The smallest absolute Gasteiger partial charge is 0.348 e. The van der Waals surface area contributed by atoms with Gasteiger partial charge in [-0.1, -0.05) is 11.3 Å². The molecule has 1 fully saturated rings. The maximum Gasteiger partial charge on any atom is 0.348 e. The van der Waals surface area contributed by atoms with Crippen molar-refractivity contribution < 1.29 is 14.3 Å². The number of thiophene rings is 1. The molecule has 6 nitrogen and oxygen atoms in total. The molecule has 0 aliphatic carbocycles. The number of hydrogen-bond donors (Lipinski definition) is 0. The molecule has 3 rings (SSSR count). The van der Waals surface area contributed by atoms with Crippen LogP contribution in [0.5, 0.6) is 0 Å². The molecule has 1 aliphatic heterocycles. The van der Waals surface area contributed by atoms with Gasteiger partial charge in [0.2, 0.25) is 0 Å². The van der Waals surface area contributed by atoms with Gasteiger partial charge in [0.05, 0.1) is 4.70 Å². The van der Waals surface area contributed by atoms with Crippen LogP contribution in [0.15, 0.2) is 6.07 Å². The van der Waals surface area contributed by atoms with Gasteiger partial charge in [0, 0.05) is 27.2 Å². The second-order valence-electron chi connectivity index (χ2n) is 5.69. The molecule has 23 heavy (non-hydrogen) atoms. The van der Waals surface area contributed by atoms with E-state index in [0.717, 1.165) is 47.0 Å². The van der Waals surface area contributed by atoms with Crippen LogP contribution < -0.4 is 4.90 Å². The molecule has 1 aliphatic rings. The van der Waals surface area contributed by atoms with E-state index in [2.05, 4.69) is 4.98 Å². The van der Waals surface area contributed by atoms with Crippen molar-refractivity contribution in [3.05, 3.63) is 10.9 Å². The summed E-state index contributed by atoms with van der Waals surface area (Å²) in [7, 11) is 3.87. The van der Waals surface area contributed by atoms with Gasteiger partial charge in [-0.3, -0.25) is 4.79 Å². The van der Waals surface area contributed by atoms with Crippen molar-refractivity contribution in [2.75, 3.05) is 38.7 Å². The van der Waals surface area contributed by atoms with E-state index in [1.807, 2.05) is 19.0 Å². The quantitative estimate of drug-likeness (QED) is 0.791. The molecule has 0 atom stereocenters. The molecular weight excluding hydrogens is 334 g/mol. The summed E-state index contributed by atoms with van der Waals surface area (Å²) in [4.78, 5) is 33.6. The summed E-state index contributed by atoms with van der Waals surface area (Å²) in [6.07, 6.45) is 3.22. The van der Waals surface area contributed by atoms with Crippen LogP contribution in [0, 0.1) is 0 Å². The highest BCUT2D eigenvalue weighted by Gasteiger charge is 2.20. The first-order valence-electron chi connectivity index (χ1n) is 7.57. The lowest BCUT2D eigenvalue weighted by atomic mass is 10.1. The predicted octanol–water partition coefficient (Wildman–Crippen LogP) is 2.59. The van der Waals surface area contributed by atoms with Gasteiger partial charge in [-0.25, -0.2) is 9.78 Å². The third-order valence-electron chi connectivity index (χ3n) is 3.70. The maximum absolute atomic E-state index is 12.1. The number of nitrogens with zero attached hydrogens (tertiary/aromatic N) is 3. The van der Waals surface area contributed by atoms with Crippen LogP contribution in [0.1, 0.15) is 28.9 Å². The highest BCUT2D eigenvalue weighted by molar-refractivity contribution is 7.29. The van der Waals surface area contributed by atoms with Gasteiger partial charge in [-0.15, -0.1) is 11.3 Å². The summed E-state index contributed by atoms with van der Waals surface area (Å²) in [5.41, 5.74) is 0. The third-order valence-corrected chi connectivity index (χ3v) is 6.01. The number of hydrogen-bond acceptors (Lipinski definition) is 7. The third kappa shape index (κ3) is 3.64. The van der Waals surface area contributed by atoms with Crippen molar-refractivity contribution in [3.63, 3.8) is 0 Å². The number of aromatic nitrogens is 1. The van der Waals surface area contributed by atoms with Crippen LogP contribution in [-0.2, 0) is 9.53 Å². The highest BCUT2D eigenvalue weighted by Crippen LogP contribution is 2.34. The van der Waals surface area contributed by atoms with Gasteiger partial charge in [-0.05, 0) is 25.3 Å². The zero-order valence-corrected chi connectivity index (χ0v) is 14.8. The number of amides is 1. The Balaban J connectivity index is 1.59. The maximum atomic E-state index is 12.1. The molecule has 3 heterocycles. The van der Waals surface area contributed by atoms with Crippen molar-refractivity contribution in [1.82, 2.24) is 9.88 Å². The van der Waals surface area contributed by atoms with Crippen LogP contribution in [0.2, 0.25) is 0 Å². The molecule has 1 amide bonds. The minimum atomic E-state index is -0.447. The summed E-state index contributed by atoms with van der Waals surface area (Å²) in [5, 5.41) is 0.909. The molecule has 0 radical (unpaired) electrons. The normalized spacial score (nSPS) is 15.0. The SMILES string of the molecule is CN(C)c1nc2sc(C(=O)OCC(=O)N3CCCCC3)cc2s1. The zero-order chi connectivity index (χ0) is 16.4. The molecule has 0 N–H and O–H groups in total. The predicted molar refractivity (Wildman–Crippen MR) is 92.5 cm³/mol. The van der Waals surface area contributed by atoms with Crippen LogP contribution in [0.3, 0.4) is 0 Å². The average molecular weight is 353 g/mol. The molecule has 8 heteroatoms. The molecule has 0 spiro atoms. The fourth-order valence-corrected chi connectivity index (χ4v) is 4.48. The Bertz CT molecular complexity index is 685. The average Bonchev–Trinajstić information content (AvgIpc) is 3.12. The van der Waals surface area contributed by atoms with Gasteiger partial charge < -0.3 is 14.5 Å². The van der Waals surface area contributed by atoms with E-state index in [0.29, 0.717) is 4.88 Å². The minimum absolute atomic E-state index is 0.107. The zero-order valence-electron chi connectivity index (χ0n) is 13.2. The van der Waals surface area contributed by atoms with E-state index in [1.54, 1.807) is 11.0 Å². The van der Waals surface area contributed by atoms with E-state index in [9.17, 15) is 9.59 Å². The number of likely N-dealkylation sites (tertiary alicyclic amines) is 1. The minimum Gasteiger partial charge on any atom is -0.451 e. The number of fused-ring (bicyclic) bond motifs is 1. The fraction of sp³-hybridized carbons (Fsp3) is 0.533. The van der Waals surface area contributed by atoms with Gasteiger partial charge in [0.25, 0.3) is 5.91 Å². The summed E-state index contributed by atoms with van der Waals surface area (Å²) in [5.74, 6) is -0.554. The van der Waals surface area contributed by atoms with E-state index in [-0.39, 0.29) is 12.5 Å². The lowest BCUT2D eigenvalue weighted by molar-refractivity contribution is -0.135. The molecule has 0 unspecified atom stereocenters. The van der Waals surface area contributed by atoms with Crippen molar-refractivity contribution in [1.29, 1.82) is 0 Å². The lowest BCUT2D eigenvalue weighted by Gasteiger charge is -2.26. The van der Waals surface area contributed by atoms with Crippen LogP contribution in [-0.4, -0.2) is 55.6 Å². The molecule has 0 aromatic carbocycles. The van der Waals surface area contributed by atoms with E-state index in [1.165, 1.54) is 22.7 Å². The van der Waals surface area contributed by atoms with E-state index in [4.69, 9.17) is 4.74 Å². The topological polar surface area (TPSA) is 62.7 Å². The second-order valence-corrected chi connectivity index (χ2v) is 7.73. The monoisotopic (exact) mass is 353 g/mol. The number of rotatable bonds is 4. The van der Waals surface area contributed by atoms with Crippen molar-refractivity contribution >= 4 is 49.2 Å². The van der Waals surface area contributed by atoms with Crippen LogP contribution in [0.25, 0.3) is 9.53 Å². The Morgan fingerprint density at radius 2 is 2.00 bits per heavy atom. The Morgan fingerprint density at radius 3 is 2.65 bits per heavy atom. The first kappa shape index (κ1) is 16.2. The molecule has 0 bridgehead atoms. The van der Waals surface area contributed by atoms with Gasteiger partial charge in [0.15, 0.2) is 11.7 Å². The van der Waals surface area contributed by atoms with E-state index < -0.39 is 5.97 Å². The number of carbonyl (C=O) groups is 2. The first-order valence-corrected chi connectivity index (χ1v) is 9.20. The summed E-state index contributed by atoms with van der Waals surface area (Å²) in [6.45, 7) is 1.35. The number of ether oxygens (including phenoxy) is 1. The van der Waals surface area contributed by atoms with Crippen molar-refractivity contribution in [3.8, 4) is 0 Å². The van der Waals surface area contributed by atoms with Crippen LogP contribution >= 0.6 is 22.7 Å². The Hall–Kier alpha value is -1.67. The van der Waals surface area contributed by atoms with E-state index >= 15 is 0 Å². The molecule has 0 saturated carbocycles. The summed E-state index contributed by atoms with van der Waals surface area (Å²) < 4.78 is 6.13. The molecular formula is C15H19N3O3S2. The molecule has 1 saturated heterocycles. The standard InChI is InChI=1S/C15H19N3O3S2/c1-17(2)15-16-13-10(23-15)8-11(22-13)14(20)21-9-12(19)18-6-4-3-5-7-18/h8H,3-7,9H2,1-2H3. The van der Waals surface area contributed by atoms with Crippen LogP contribution in [0.4, 0.5) is 5.13 Å². The highest BCUT2D eigenvalue weighted by atomic mass is 32.1. The van der Waals surface area contributed by atoms with Gasteiger partial charge in [0.1, 0.15) is 9.71 Å². The number of thiazole rings is 1. The second kappa shape index (κ2) is 6.84. The van der Waals surface area contributed by atoms with Crippen molar-refractivity contribution in [2.24, 2.45) is 0 Å². The molecule has 2 aromatic heterocycles. The lowest BCUT2D eigenvalue weighted by Crippen LogP contribution is -2.38. The summed E-state index contributed by atoms with van der Waals surface area (Å²) >= 11 is 2.84. The Kier molecular flexibility index (Phi) is 4.82. The van der Waals surface area contributed by atoms with Gasteiger partial charge in [-0.2, -0.15) is 0 Å². The molecule has 2 aromatic rings. The number of piperidine rings is 1. The molecule has 124 valence electrons. The Labute approximate surface area is 142 Å². The Morgan fingerprint density at radius 1 is 1.26 bits per heavy atom. The van der Waals surface area contributed by atoms with Crippen molar-refractivity contribution in [2.45, 2.75) is 19.3 Å². The number of carbonyl (C=O) groups excluding carboxylic acids is 2. The van der Waals surface area contributed by atoms with Gasteiger partial charge >= 0.3 is 5.97 Å².